The highest BCUT2D eigenvalue weighted by Crippen LogP contribution is 2.40. The van der Waals surface area contributed by atoms with Crippen molar-refractivity contribution in [2.24, 2.45) is 17.8 Å². The van der Waals surface area contributed by atoms with Gasteiger partial charge in [-0.25, -0.2) is 0 Å². The molecule has 1 aromatic rings. The second kappa shape index (κ2) is 7.26. The summed E-state index contributed by atoms with van der Waals surface area (Å²) in [4.78, 5) is 0. The molecular formula is C17H31N3. The molecule has 0 aromatic carbocycles. The van der Waals surface area contributed by atoms with Crippen molar-refractivity contribution in [3.05, 3.63) is 18.0 Å². The molecule has 1 heterocycles. The second-order valence-electron chi connectivity index (χ2n) is 6.91. The SMILES string of the molecule is CCn1nccc1C1CC(C)CCC1CNCC(C)C. The van der Waals surface area contributed by atoms with Crippen LogP contribution in [0.5, 0.6) is 0 Å². The third kappa shape index (κ3) is 3.85. The van der Waals surface area contributed by atoms with Crippen LogP contribution < -0.4 is 5.32 Å². The van der Waals surface area contributed by atoms with Gasteiger partial charge in [0, 0.05) is 24.4 Å². The quantitative estimate of drug-likeness (QED) is 0.860. The lowest BCUT2D eigenvalue weighted by molar-refractivity contribution is 0.231. The van der Waals surface area contributed by atoms with Gasteiger partial charge in [-0.2, -0.15) is 5.10 Å². The van der Waals surface area contributed by atoms with Crippen LogP contribution in [0.25, 0.3) is 0 Å². The number of hydrogen-bond donors (Lipinski definition) is 1. The molecule has 1 fully saturated rings. The number of hydrogen-bond acceptors (Lipinski definition) is 2. The van der Waals surface area contributed by atoms with Crippen molar-refractivity contribution < 1.29 is 0 Å². The topological polar surface area (TPSA) is 29.9 Å². The van der Waals surface area contributed by atoms with E-state index in [1.165, 1.54) is 25.0 Å². The van der Waals surface area contributed by atoms with Gasteiger partial charge in [-0.3, -0.25) is 4.68 Å². The Morgan fingerprint density at radius 3 is 2.90 bits per heavy atom. The predicted octanol–water partition coefficient (Wildman–Crippen LogP) is 3.67. The minimum absolute atomic E-state index is 0.681. The monoisotopic (exact) mass is 277 g/mol. The Hall–Kier alpha value is -0.830. The van der Waals surface area contributed by atoms with E-state index in [0.717, 1.165) is 37.4 Å². The normalized spacial score (nSPS) is 27.1. The van der Waals surface area contributed by atoms with Gasteiger partial charge in [0.05, 0.1) is 0 Å². The molecule has 0 radical (unpaired) electrons. The molecule has 0 bridgehead atoms. The van der Waals surface area contributed by atoms with Gasteiger partial charge in [0.25, 0.3) is 0 Å². The third-order valence-corrected chi connectivity index (χ3v) is 4.64. The van der Waals surface area contributed by atoms with Crippen molar-refractivity contribution in [3.8, 4) is 0 Å². The lowest BCUT2D eigenvalue weighted by Crippen LogP contribution is -2.34. The number of nitrogens with zero attached hydrogens (tertiary/aromatic N) is 2. The Morgan fingerprint density at radius 2 is 2.20 bits per heavy atom. The first-order valence-electron chi connectivity index (χ1n) is 8.34. The summed E-state index contributed by atoms with van der Waals surface area (Å²) in [5.74, 6) is 3.03. The Balaban J connectivity index is 2.04. The molecular weight excluding hydrogens is 246 g/mol. The van der Waals surface area contributed by atoms with Gasteiger partial charge >= 0.3 is 0 Å². The maximum absolute atomic E-state index is 4.47. The molecule has 3 nitrogen and oxygen atoms in total. The molecule has 3 atom stereocenters. The van der Waals surface area contributed by atoms with Crippen LogP contribution in [-0.4, -0.2) is 22.9 Å². The molecule has 1 N–H and O–H groups in total. The van der Waals surface area contributed by atoms with Crippen LogP contribution in [0.4, 0.5) is 0 Å². The summed E-state index contributed by atoms with van der Waals surface area (Å²) in [5.41, 5.74) is 1.45. The zero-order valence-electron chi connectivity index (χ0n) is 13.6. The van der Waals surface area contributed by atoms with Gasteiger partial charge in [-0.05, 0) is 56.7 Å². The highest BCUT2D eigenvalue weighted by molar-refractivity contribution is 5.11. The number of nitrogens with one attached hydrogen (secondary N) is 1. The van der Waals surface area contributed by atoms with Gasteiger partial charge < -0.3 is 5.32 Å². The van der Waals surface area contributed by atoms with Crippen molar-refractivity contribution in [2.45, 2.75) is 59.4 Å². The van der Waals surface area contributed by atoms with Crippen LogP contribution >= 0.6 is 0 Å². The Bertz CT molecular complexity index is 397. The molecule has 3 heteroatoms. The molecule has 0 saturated heterocycles. The lowest BCUT2D eigenvalue weighted by Gasteiger charge is -2.35. The maximum Gasteiger partial charge on any atom is 0.0492 e. The smallest absolute Gasteiger partial charge is 0.0492 e. The van der Waals surface area contributed by atoms with Crippen molar-refractivity contribution in [3.63, 3.8) is 0 Å². The van der Waals surface area contributed by atoms with Crippen molar-refractivity contribution in [1.29, 1.82) is 0 Å². The Morgan fingerprint density at radius 1 is 1.40 bits per heavy atom. The summed E-state index contributed by atoms with van der Waals surface area (Å²) < 4.78 is 2.19. The van der Waals surface area contributed by atoms with E-state index >= 15 is 0 Å². The standard InChI is InChI=1S/C17H31N3/c1-5-20-17(8-9-19-20)16-10-14(4)6-7-15(16)12-18-11-13(2)3/h8-9,13-16,18H,5-7,10-12H2,1-4H3. The largest absolute Gasteiger partial charge is 0.316 e. The van der Waals surface area contributed by atoms with Gasteiger partial charge in [0.2, 0.25) is 0 Å². The zero-order valence-corrected chi connectivity index (χ0v) is 13.6. The number of rotatable bonds is 6. The average molecular weight is 277 g/mol. The van der Waals surface area contributed by atoms with E-state index in [0.29, 0.717) is 5.92 Å². The summed E-state index contributed by atoms with van der Waals surface area (Å²) in [6.07, 6.45) is 6.02. The van der Waals surface area contributed by atoms with Crippen LogP contribution in [-0.2, 0) is 6.54 Å². The average Bonchev–Trinajstić information content (AvgIpc) is 2.88. The Labute approximate surface area is 124 Å². The highest BCUT2D eigenvalue weighted by Gasteiger charge is 2.31. The Kier molecular flexibility index (Phi) is 5.64. The predicted molar refractivity (Wildman–Crippen MR) is 84.9 cm³/mol. The molecule has 1 aromatic heterocycles. The molecule has 1 saturated carbocycles. The van der Waals surface area contributed by atoms with E-state index in [1.807, 2.05) is 6.20 Å². The fourth-order valence-electron chi connectivity index (χ4n) is 3.53. The minimum Gasteiger partial charge on any atom is -0.316 e. The molecule has 2 rings (SSSR count). The molecule has 1 aliphatic rings. The molecule has 3 unspecified atom stereocenters. The molecule has 1 aliphatic carbocycles. The lowest BCUT2D eigenvalue weighted by atomic mass is 9.73. The van der Waals surface area contributed by atoms with Crippen molar-refractivity contribution in [2.75, 3.05) is 13.1 Å². The molecule has 0 spiro atoms. The van der Waals surface area contributed by atoms with Crippen LogP contribution in [0.1, 0.15) is 58.6 Å². The fraction of sp³-hybridized carbons (Fsp3) is 0.824. The van der Waals surface area contributed by atoms with E-state index < -0.39 is 0 Å². The van der Waals surface area contributed by atoms with E-state index in [4.69, 9.17) is 0 Å². The molecule has 114 valence electrons. The molecule has 0 aliphatic heterocycles. The van der Waals surface area contributed by atoms with Crippen LogP contribution in [0.2, 0.25) is 0 Å². The van der Waals surface area contributed by atoms with E-state index in [1.54, 1.807) is 0 Å². The summed E-state index contributed by atoms with van der Waals surface area (Å²) >= 11 is 0. The zero-order chi connectivity index (χ0) is 14.5. The molecule has 0 amide bonds. The molecule has 20 heavy (non-hydrogen) atoms. The highest BCUT2D eigenvalue weighted by atomic mass is 15.3. The first-order chi connectivity index (χ1) is 9.61. The van der Waals surface area contributed by atoms with Crippen molar-refractivity contribution in [1.82, 2.24) is 15.1 Å². The van der Waals surface area contributed by atoms with Gasteiger partial charge in [0.1, 0.15) is 0 Å². The fourth-order valence-corrected chi connectivity index (χ4v) is 3.53. The van der Waals surface area contributed by atoms with E-state index in [-0.39, 0.29) is 0 Å². The third-order valence-electron chi connectivity index (χ3n) is 4.64. The first-order valence-corrected chi connectivity index (χ1v) is 8.34. The van der Waals surface area contributed by atoms with Gasteiger partial charge in [0.15, 0.2) is 0 Å². The van der Waals surface area contributed by atoms with Gasteiger partial charge in [-0.1, -0.05) is 27.2 Å². The van der Waals surface area contributed by atoms with Crippen LogP contribution in [0, 0.1) is 17.8 Å². The summed E-state index contributed by atoms with van der Waals surface area (Å²) in [5, 5.41) is 8.14. The summed E-state index contributed by atoms with van der Waals surface area (Å²) in [6, 6.07) is 2.24. The summed E-state index contributed by atoms with van der Waals surface area (Å²) in [6.45, 7) is 12.4. The first kappa shape index (κ1) is 15.6. The minimum atomic E-state index is 0.681. The number of aromatic nitrogens is 2. The second-order valence-corrected chi connectivity index (χ2v) is 6.91. The van der Waals surface area contributed by atoms with E-state index in [9.17, 15) is 0 Å². The van der Waals surface area contributed by atoms with E-state index in [2.05, 4.69) is 48.9 Å². The maximum atomic E-state index is 4.47. The van der Waals surface area contributed by atoms with Crippen LogP contribution in [0.3, 0.4) is 0 Å². The van der Waals surface area contributed by atoms with Gasteiger partial charge in [-0.15, -0.1) is 0 Å². The number of aryl methyl sites for hydroxylation is 1. The van der Waals surface area contributed by atoms with Crippen molar-refractivity contribution >= 4 is 0 Å². The summed E-state index contributed by atoms with van der Waals surface area (Å²) in [7, 11) is 0. The van der Waals surface area contributed by atoms with Crippen LogP contribution in [0.15, 0.2) is 12.3 Å².